The molecule has 150 valence electrons. The van der Waals surface area contributed by atoms with E-state index >= 15 is 0 Å². The van der Waals surface area contributed by atoms with Crippen LogP contribution in [0.1, 0.15) is 12.8 Å². The van der Waals surface area contributed by atoms with Crippen LogP contribution >= 0.6 is 24.0 Å². The number of nitrogens with zero attached hydrogens (tertiary/aromatic N) is 4. The summed E-state index contributed by atoms with van der Waals surface area (Å²) in [6, 6.07) is 5.86. The fourth-order valence-electron chi connectivity index (χ4n) is 3.36. The largest absolute Gasteiger partial charge is 0.496 e. The first-order valence-electron chi connectivity index (χ1n) is 8.87. The van der Waals surface area contributed by atoms with Gasteiger partial charge in [0.1, 0.15) is 17.3 Å². The second-order valence-corrected chi connectivity index (χ2v) is 7.04. The lowest BCUT2D eigenvalue weighted by Gasteiger charge is -2.30. The standard InChI is InChI=1S/C19H22ClN5O2.ClH/c1-26-16-10-17(27-2)14(20)9-13(16)15-11-25-8-5-18(23-19(25)22-15)24-6-3-12(21)4-7-24;/h5,8-12H,3-4,6-7,21H2,1-2H3;1H. The number of benzene rings is 1. The predicted octanol–water partition coefficient (Wildman–Crippen LogP) is 3.42. The normalized spacial score (nSPS) is 14.8. The highest BCUT2D eigenvalue weighted by Gasteiger charge is 2.19. The minimum Gasteiger partial charge on any atom is -0.496 e. The van der Waals surface area contributed by atoms with Crippen LogP contribution < -0.4 is 20.1 Å². The van der Waals surface area contributed by atoms with E-state index in [0.717, 1.165) is 43.0 Å². The van der Waals surface area contributed by atoms with E-state index in [9.17, 15) is 0 Å². The number of methoxy groups -OCH3 is 2. The number of rotatable bonds is 4. The van der Waals surface area contributed by atoms with Gasteiger partial charge in [-0.05, 0) is 25.0 Å². The van der Waals surface area contributed by atoms with Gasteiger partial charge in [0.25, 0.3) is 0 Å². The van der Waals surface area contributed by atoms with Crippen molar-refractivity contribution < 1.29 is 9.47 Å². The van der Waals surface area contributed by atoms with Gasteiger partial charge in [0, 0.05) is 43.2 Å². The topological polar surface area (TPSA) is 77.9 Å². The van der Waals surface area contributed by atoms with Gasteiger partial charge < -0.3 is 20.1 Å². The summed E-state index contributed by atoms with van der Waals surface area (Å²) in [5, 5.41) is 0.503. The first-order chi connectivity index (χ1) is 13.1. The third-order valence-corrected chi connectivity index (χ3v) is 5.22. The monoisotopic (exact) mass is 423 g/mol. The second kappa shape index (κ2) is 8.43. The Bertz CT molecular complexity index is 970. The molecule has 3 heterocycles. The molecule has 3 aromatic rings. The van der Waals surface area contributed by atoms with Crippen molar-refractivity contribution in [3.8, 4) is 22.8 Å². The van der Waals surface area contributed by atoms with Crippen molar-refractivity contribution in [3.63, 3.8) is 0 Å². The summed E-state index contributed by atoms with van der Waals surface area (Å²) in [6.45, 7) is 1.83. The van der Waals surface area contributed by atoms with E-state index in [-0.39, 0.29) is 18.4 Å². The van der Waals surface area contributed by atoms with Crippen LogP contribution in [0.2, 0.25) is 5.02 Å². The van der Waals surface area contributed by atoms with Crippen LogP contribution in [0, 0.1) is 0 Å². The van der Waals surface area contributed by atoms with Gasteiger partial charge in [-0.2, -0.15) is 4.98 Å². The third-order valence-electron chi connectivity index (χ3n) is 4.93. The molecular weight excluding hydrogens is 401 g/mol. The van der Waals surface area contributed by atoms with E-state index in [2.05, 4.69) is 9.88 Å². The molecule has 1 fully saturated rings. The van der Waals surface area contributed by atoms with E-state index in [0.29, 0.717) is 22.3 Å². The van der Waals surface area contributed by atoms with Crippen LogP contribution in [0.3, 0.4) is 0 Å². The number of anilines is 1. The average Bonchev–Trinajstić information content (AvgIpc) is 3.11. The average molecular weight is 424 g/mol. The Morgan fingerprint density at radius 2 is 1.82 bits per heavy atom. The van der Waals surface area contributed by atoms with Crippen LogP contribution in [-0.2, 0) is 0 Å². The Morgan fingerprint density at radius 3 is 2.50 bits per heavy atom. The summed E-state index contributed by atoms with van der Waals surface area (Å²) < 4.78 is 12.7. The van der Waals surface area contributed by atoms with Gasteiger partial charge >= 0.3 is 0 Å². The van der Waals surface area contributed by atoms with E-state index in [4.69, 9.17) is 31.8 Å². The minimum atomic E-state index is 0. The molecule has 0 unspecified atom stereocenters. The van der Waals surface area contributed by atoms with Gasteiger partial charge in [0.15, 0.2) is 0 Å². The molecule has 0 bridgehead atoms. The maximum Gasteiger partial charge on any atom is 0.236 e. The lowest BCUT2D eigenvalue weighted by atomic mass is 10.1. The highest BCUT2D eigenvalue weighted by molar-refractivity contribution is 6.32. The number of aromatic nitrogens is 3. The number of hydrogen-bond acceptors (Lipinski definition) is 6. The first-order valence-corrected chi connectivity index (χ1v) is 9.25. The van der Waals surface area contributed by atoms with Gasteiger partial charge in [-0.25, -0.2) is 4.98 Å². The van der Waals surface area contributed by atoms with Gasteiger partial charge in [-0.1, -0.05) is 11.6 Å². The fourth-order valence-corrected chi connectivity index (χ4v) is 3.60. The molecule has 0 aliphatic carbocycles. The molecule has 7 nitrogen and oxygen atoms in total. The molecule has 9 heteroatoms. The second-order valence-electron chi connectivity index (χ2n) is 6.63. The quantitative estimate of drug-likeness (QED) is 0.692. The van der Waals surface area contributed by atoms with E-state index in [1.165, 1.54) is 0 Å². The van der Waals surface area contributed by atoms with Crippen molar-refractivity contribution in [2.24, 2.45) is 5.73 Å². The predicted molar refractivity (Wildman–Crippen MR) is 113 cm³/mol. The number of nitrogens with two attached hydrogens (primary N) is 1. The van der Waals surface area contributed by atoms with Crippen LogP contribution in [-0.4, -0.2) is 47.7 Å². The number of piperidine rings is 1. The lowest BCUT2D eigenvalue weighted by Crippen LogP contribution is -2.40. The van der Waals surface area contributed by atoms with Crippen LogP contribution in [0.5, 0.6) is 11.5 Å². The summed E-state index contributed by atoms with van der Waals surface area (Å²) in [6.07, 6.45) is 5.85. The first kappa shape index (κ1) is 20.5. The van der Waals surface area contributed by atoms with Crippen molar-refractivity contribution in [1.82, 2.24) is 14.4 Å². The highest BCUT2D eigenvalue weighted by atomic mass is 35.5. The number of ether oxygens (including phenoxy) is 2. The SMILES string of the molecule is COc1cc(OC)c(-c2cn3ccc(N4CCC(N)CC4)nc3n2)cc1Cl.Cl. The Kier molecular flexibility index (Phi) is 6.17. The molecule has 1 aliphatic rings. The molecule has 1 aromatic carbocycles. The molecule has 0 spiro atoms. The molecular formula is C19H23Cl2N5O2. The Labute approximate surface area is 174 Å². The van der Waals surface area contributed by atoms with Gasteiger partial charge in [0.05, 0.1) is 24.9 Å². The van der Waals surface area contributed by atoms with E-state index in [1.807, 2.05) is 22.9 Å². The van der Waals surface area contributed by atoms with E-state index in [1.54, 1.807) is 26.4 Å². The summed E-state index contributed by atoms with van der Waals surface area (Å²) in [5.74, 6) is 2.76. The van der Waals surface area contributed by atoms with Crippen LogP contribution in [0.4, 0.5) is 5.82 Å². The Morgan fingerprint density at radius 1 is 1.11 bits per heavy atom. The number of fused-ring (bicyclic) bond motifs is 1. The van der Waals surface area contributed by atoms with Crippen LogP contribution in [0.25, 0.3) is 17.0 Å². The number of hydrogen-bond donors (Lipinski definition) is 1. The summed E-state index contributed by atoms with van der Waals surface area (Å²) in [4.78, 5) is 11.7. The third kappa shape index (κ3) is 3.83. The van der Waals surface area contributed by atoms with Crippen molar-refractivity contribution in [3.05, 3.63) is 35.6 Å². The summed E-state index contributed by atoms with van der Waals surface area (Å²) >= 11 is 6.30. The van der Waals surface area contributed by atoms with Crippen LogP contribution in [0.15, 0.2) is 30.6 Å². The maximum atomic E-state index is 6.30. The molecule has 0 saturated carbocycles. The molecule has 2 aromatic heterocycles. The van der Waals surface area contributed by atoms with Crippen molar-refractivity contribution in [2.45, 2.75) is 18.9 Å². The van der Waals surface area contributed by atoms with Crippen molar-refractivity contribution in [1.29, 1.82) is 0 Å². The zero-order valence-electron chi connectivity index (χ0n) is 15.8. The van der Waals surface area contributed by atoms with E-state index < -0.39 is 0 Å². The Hall–Kier alpha value is -2.22. The Balaban J connectivity index is 0.00000225. The van der Waals surface area contributed by atoms with Gasteiger partial charge in [-0.15, -0.1) is 12.4 Å². The van der Waals surface area contributed by atoms with Gasteiger partial charge in [0.2, 0.25) is 5.78 Å². The molecule has 28 heavy (non-hydrogen) atoms. The lowest BCUT2D eigenvalue weighted by molar-refractivity contribution is 0.395. The van der Waals surface area contributed by atoms with Crippen molar-refractivity contribution in [2.75, 3.05) is 32.2 Å². The smallest absolute Gasteiger partial charge is 0.236 e. The maximum absolute atomic E-state index is 6.30. The minimum absolute atomic E-state index is 0. The fraction of sp³-hybridized carbons (Fsp3) is 0.368. The zero-order valence-corrected chi connectivity index (χ0v) is 17.3. The summed E-state index contributed by atoms with van der Waals surface area (Å²) in [5.41, 5.74) is 7.53. The molecule has 2 N–H and O–H groups in total. The zero-order chi connectivity index (χ0) is 19.0. The molecule has 0 radical (unpaired) electrons. The molecule has 0 atom stereocenters. The summed E-state index contributed by atoms with van der Waals surface area (Å²) in [7, 11) is 3.18. The highest BCUT2D eigenvalue weighted by Crippen LogP contribution is 2.38. The van der Waals surface area contributed by atoms with Crippen molar-refractivity contribution >= 4 is 35.6 Å². The molecule has 0 amide bonds. The number of imidazole rings is 1. The molecule has 1 saturated heterocycles. The van der Waals surface area contributed by atoms with Gasteiger partial charge in [-0.3, -0.25) is 4.40 Å². The molecule has 4 rings (SSSR count). The number of halogens is 2. The molecule has 1 aliphatic heterocycles.